The summed E-state index contributed by atoms with van der Waals surface area (Å²) < 4.78 is 0. The van der Waals surface area contributed by atoms with Gasteiger partial charge in [-0.05, 0) is 50.3 Å². The van der Waals surface area contributed by atoms with E-state index < -0.39 is 0 Å². The van der Waals surface area contributed by atoms with Crippen molar-refractivity contribution in [1.82, 2.24) is 10.3 Å². The molecule has 27 heavy (non-hydrogen) atoms. The highest BCUT2D eigenvalue weighted by molar-refractivity contribution is 7.17. The van der Waals surface area contributed by atoms with E-state index in [-0.39, 0.29) is 11.8 Å². The van der Waals surface area contributed by atoms with Crippen molar-refractivity contribution in [3.8, 4) is 0 Å². The van der Waals surface area contributed by atoms with E-state index in [1.54, 1.807) is 18.3 Å². The fourth-order valence-corrected chi connectivity index (χ4v) is 4.06. The van der Waals surface area contributed by atoms with Crippen LogP contribution in [-0.2, 0) is 0 Å². The Kier molecular flexibility index (Phi) is 5.11. The van der Waals surface area contributed by atoms with E-state index in [0.29, 0.717) is 28.2 Å². The van der Waals surface area contributed by atoms with Gasteiger partial charge in [0, 0.05) is 23.3 Å². The number of hydrogen-bond donors (Lipinski definition) is 3. The number of carbonyl (C=O) groups excluding carboxylic acids is 2. The van der Waals surface area contributed by atoms with Crippen molar-refractivity contribution in [3.63, 3.8) is 0 Å². The van der Waals surface area contributed by atoms with Gasteiger partial charge in [-0.2, -0.15) is 0 Å². The summed E-state index contributed by atoms with van der Waals surface area (Å²) >= 11 is 1.37. The van der Waals surface area contributed by atoms with Crippen LogP contribution in [0.15, 0.2) is 24.4 Å². The number of hydrogen-bond acceptors (Lipinski definition) is 5. The van der Waals surface area contributed by atoms with Crippen LogP contribution >= 0.6 is 11.3 Å². The van der Waals surface area contributed by atoms with E-state index in [9.17, 15) is 9.59 Å². The smallest absolute Gasteiger partial charge is 0.267 e. The van der Waals surface area contributed by atoms with Crippen LogP contribution in [0, 0.1) is 6.92 Å². The standard InChI is InChI=1S/C20H24N4O2S/c1-12-6-7-13(18(25)22-15-8-9-15)10-16(12)24-19(26)17-11-21-20(27-17)23-14-4-2-3-5-14/h6-7,10-11,14-15H,2-5,8-9H2,1H3,(H,21,23)(H,22,25)(H,24,26). The molecule has 0 aliphatic heterocycles. The van der Waals surface area contributed by atoms with Gasteiger partial charge in [-0.15, -0.1) is 0 Å². The zero-order valence-electron chi connectivity index (χ0n) is 15.4. The molecule has 2 aliphatic carbocycles. The molecule has 2 amide bonds. The third kappa shape index (κ3) is 4.47. The normalized spacial score (nSPS) is 16.9. The van der Waals surface area contributed by atoms with Crippen molar-refractivity contribution in [3.05, 3.63) is 40.4 Å². The van der Waals surface area contributed by atoms with Crippen LogP contribution < -0.4 is 16.0 Å². The van der Waals surface area contributed by atoms with E-state index >= 15 is 0 Å². The molecule has 0 radical (unpaired) electrons. The summed E-state index contributed by atoms with van der Waals surface area (Å²) in [4.78, 5) is 29.7. The summed E-state index contributed by atoms with van der Waals surface area (Å²) in [5.41, 5.74) is 2.14. The second-order valence-electron chi connectivity index (χ2n) is 7.39. The quantitative estimate of drug-likeness (QED) is 0.704. The lowest BCUT2D eigenvalue weighted by Gasteiger charge is -2.10. The van der Waals surface area contributed by atoms with Crippen molar-refractivity contribution in [2.24, 2.45) is 0 Å². The number of amides is 2. The van der Waals surface area contributed by atoms with E-state index in [2.05, 4.69) is 20.9 Å². The topological polar surface area (TPSA) is 83.1 Å². The van der Waals surface area contributed by atoms with Gasteiger partial charge in [0.15, 0.2) is 5.13 Å². The zero-order chi connectivity index (χ0) is 18.8. The Bertz CT molecular complexity index is 853. The number of nitrogens with zero attached hydrogens (tertiary/aromatic N) is 1. The number of anilines is 2. The molecule has 2 aromatic rings. The minimum absolute atomic E-state index is 0.0890. The van der Waals surface area contributed by atoms with E-state index in [4.69, 9.17) is 0 Å². The molecule has 0 atom stereocenters. The molecule has 1 aromatic heterocycles. The molecule has 2 fully saturated rings. The maximum Gasteiger partial charge on any atom is 0.267 e. The number of thiazole rings is 1. The van der Waals surface area contributed by atoms with Crippen molar-refractivity contribution in [2.45, 2.75) is 57.5 Å². The molecular weight excluding hydrogens is 360 g/mol. The number of nitrogens with one attached hydrogen (secondary N) is 3. The first-order chi connectivity index (χ1) is 13.1. The van der Waals surface area contributed by atoms with Crippen LogP contribution in [0.5, 0.6) is 0 Å². The number of rotatable bonds is 6. The number of aromatic nitrogens is 1. The van der Waals surface area contributed by atoms with Crippen LogP contribution in [-0.4, -0.2) is 28.9 Å². The average molecular weight is 385 g/mol. The van der Waals surface area contributed by atoms with Crippen LogP contribution in [0.1, 0.15) is 64.1 Å². The highest BCUT2D eigenvalue weighted by atomic mass is 32.1. The third-order valence-electron chi connectivity index (χ3n) is 5.07. The number of benzene rings is 1. The highest BCUT2D eigenvalue weighted by Crippen LogP contribution is 2.26. The molecule has 0 saturated heterocycles. The fourth-order valence-electron chi connectivity index (χ4n) is 3.27. The zero-order valence-corrected chi connectivity index (χ0v) is 16.2. The van der Waals surface area contributed by atoms with Gasteiger partial charge >= 0.3 is 0 Å². The first kappa shape index (κ1) is 18.0. The van der Waals surface area contributed by atoms with Gasteiger partial charge in [-0.25, -0.2) is 4.98 Å². The van der Waals surface area contributed by atoms with Crippen molar-refractivity contribution >= 4 is 34.0 Å². The number of carbonyl (C=O) groups is 2. The average Bonchev–Trinajstić information content (AvgIpc) is 3.12. The van der Waals surface area contributed by atoms with E-state index in [1.807, 2.05) is 13.0 Å². The first-order valence-electron chi connectivity index (χ1n) is 9.54. The minimum atomic E-state index is -0.199. The lowest BCUT2D eigenvalue weighted by atomic mass is 10.1. The second kappa shape index (κ2) is 7.68. The lowest BCUT2D eigenvalue weighted by Crippen LogP contribution is -2.25. The summed E-state index contributed by atoms with van der Waals surface area (Å²) in [7, 11) is 0. The summed E-state index contributed by atoms with van der Waals surface area (Å²) in [5.74, 6) is -0.288. The highest BCUT2D eigenvalue weighted by Gasteiger charge is 2.24. The first-order valence-corrected chi connectivity index (χ1v) is 10.4. The Hall–Kier alpha value is -2.41. The molecule has 7 heteroatoms. The van der Waals surface area contributed by atoms with Crippen LogP contribution in [0.25, 0.3) is 0 Å². The van der Waals surface area contributed by atoms with Gasteiger partial charge < -0.3 is 16.0 Å². The predicted molar refractivity (Wildman–Crippen MR) is 108 cm³/mol. The minimum Gasteiger partial charge on any atom is -0.359 e. The Labute approximate surface area is 162 Å². The maximum absolute atomic E-state index is 12.6. The Morgan fingerprint density at radius 2 is 1.85 bits per heavy atom. The van der Waals surface area contributed by atoms with Gasteiger partial charge in [-0.1, -0.05) is 30.2 Å². The Balaban J connectivity index is 1.42. The van der Waals surface area contributed by atoms with Crippen LogP contribution in [0.3, 0.4) is 0 Å². The Morgan fingerprint density at radius 1 is 1.07 bits per heavy atom. The van der Waals surface area contributed by atoms with Crippen LogP contribution in [0.4, 0.5) is 10.8 Å². The predicted octanol–water partition coefficient (Wildman–Crippen LogP) is 3.95. The summed E-state index contributed by atoms with van der Waals surface area (Å²) in [6.45, 7) is 1.91. The summed E-state index contributed by atoms with van der Waals surface area (Å²) in [6.07, 6.45) is 8.52. The molecule has 1 heterocycles. The summed E-state index contributed by atoms with van der Waals surface area (Å²) in [6, 6.07) is 6.16. The lowest BCUT2D eigenvalue weighted by molar-refractivity contribution is 0.0949. The number of aryl methyl sites for hydroxylation is 1. The molecular formula is C20H24N4O2S. The molecule has 6 nitrogen and oxygen atoms in total. The van der Waals surface area contributed by atoms with Crippen molar-refractivity contribution in [2.75, 3.05) is 10.6 Å². The van der Waals surface area contributed by atoms with Gasteiger partial charge in [0.2, 0.25) is 0 Å². The molecule has 1 aromatic carbocycles. The fraction of sp³-hybridized carbons (Fsp3) is 0.450. The second-order valence-corrected chi connectivity index (χ2v) is 8.42. The van der Waals surface area contributed by atoms with E-state index in [0.717, 1.165) is 36.4 Å². The SMILES string of the molecule is Cc1ccc(C(=O)NC2CC2)cc1NC(=O)c1cnc(NC2CCCC2)s1. The molecule has 142 valence electrons. The van der Waals surface area contributed by atoms with Gasteiger partial charge in [0.25, 0.3) is 11.8 Å². The van der Waals surface area contributed by atoms with Gasteiger partial charge in [-0.3, -0.25) is 9.59 Å². The van der Waals surface area contributed by atoms with Crippen LogP contribution in [0.2, 0.25) is 0 Å². The van der Waals surface area contributed by atoms with Crippen molar-refractivity contribution < 1.29 is 9.59 Å². The largest absolute Gasteiger partial charge is 0.359 e. The van der Waals surface area contributed by atoms with Crippen molar-refractivity contribution in [1.29, 1.82) is 0 Å². The van der Waals surface area contributed by atoms with E-state index in [1.165, 1.54) is 24.2 Å². The van der Waals surface area contributed by atoms with Gasteiger partial charge in [0.05, 0.1) is 6.20 Å². The molecule has 4 rings (SSSR count). The molecule has 0 bridgehead atoms. The molecule has 2 saturated carbocycles. The monoisotopic (exact) mass is 384 g/mol. The third-order valence-corrected chi connectivity index (χ3v) is 6.00. The molecule has 0 spiro atoms. The molecule has 2 aliphatic rings. The summed E-state index contributed by atoms with van der Waals surface area (Å²) in [5, 5.41) is 10.1. The Morgan fingerprint density at radius 3 is 2.59 bits per heavy atom. The molecule has 3 N–H and O–H groups in total. The maximum atomic E-state index is 12.6. The molecule has 0 unspecified atom stereocenters. The van der Waals surface area contributed by atoms with Gasteiger partial charge in [0.1, 0.15) is 4.88 Å².